The third-order valence-electron chi connectivity index (χ3n) is 6.10. The molecule has 1 aromatic carbocycles. The molecule has 1 fully saturated rings. The fourth-order valence-corrected chi connectivity index (χ4v) is 5.45. The third-order valence-corrected chi connectivity index (χ3v) is 7.15. The van der Waals surface area contributed by atoms with Crippen molar-refractivity contribution in [1.82, 2.24) is 20.1 Å². The lowest BCUT2D eigenvalue weighted by atomic mass is 9.74. The van der Waals surface area contributed by atoms with E-state index in [0.717, 1.165) is 56.5 Å². The molecule has 3 aromatic rings. The Balaban J connectivity index is 1.34. The molecule has 2 aliphatic rings. The lowest BCUT2D eigenvalue weighted by Gasteiger charge is -2.36. The summed E-state index contributed by atoms with van der Waals surface area (Å²) in [6.07, 6.45) is 5.95. The van der Waals surface area contributed by atoms with Crippen molar-refractivity contribution in [3.8, 4) is 5.69 Å². The number of fused-ring (bicyclic) bond motifs is 1. The molecular formula is C23H28FN5OS. The molecule has 0 spiro atoms. The van der Waals surface area contributed by atoms with Gasteiger partial charge in [0.05, 0.1) is 25.1 Å². The lowest BCUT2D eigenvalue weighted by Crippen LogP contribution is -2.36. The van der Waals surface area contributed by atoms with Crippen molar-refractivity contribution in [2.45, 2.75) is 39.3 Å². The lowest BCUT2D eigenvalue weighted by molar-refractivity contribution is 0.122. The number of benzene rings is 1. The zero-order chi connectivity index (χ0) is 21.4. The molecule has 1 unspecified atom stereocenters. The summed E-state index contributed by atoms with van der Waals surface area (Å²) in [7, 11) is 0. The van der Waals surface area contributed by atoms with Crippen LogP contribution in [0.1, 0.15) is 42.4 Å². The summed E-state index contributed by atoms with van der Waals surface area (Å²) in [6.45, 7) is 8.73. The van der Waals surface area contributed by atoms with E-state index in [0.29, 0.717) is 0 Å². The van der Waals surface area contributed by atoms with Gasteiger partial charge in [0.1, 0.15) is 5.82 Å². The molecule has 8 heteroatoms. The maximum absolute atomic E-state index is 13.4. The number of nitrogens with one attached hydrogen (secondary N) is 1. The Labute approximate surface area is 186 Å². The summed E-state index contributed by atoms with van der Waals surface area (Å²) in [5.74, 6) is -0.231. The monoisotopic (exact) mass is 441 g/mol. The average molecular weight is 442 g/mol. The minimum atomic E-state index is -0.231. The van der Waals surface area contributed by atoms with Gasteiger partial charge in [-0.1, -0.05) is 13.8 Å². The highest BCUT2D eigenvalue weighted by atomic mass is 32.1. The van der Waals surface area contributed by atoms with E-state index in [4.69, 9.17) is 4.74 Å². The van der Waals surface area contributed by atoms with Gasteiger partial charge in [0.15, 0.2) is 5.13 Å². The van der Waals surface area contributed by atoms with Crippen molar-refractivity contribution in [2.75, 3.05) is 31.2 Å². The minimum absolute atomic E-state index is 0.148. The summed E-state index contributed by atoms with van der Waals surface area (Å²) in [6, 6.07) is 6.78. The number of halogens is 1. The van der Waals surface area contributed by atoms with Crippen molar-refractivity contribution in [2.24, 2.45) is 5.41 Å². The third kappa shape index (κ3) is 4.37. The van der Waals surface area contributed by atoms with Crippen molar-refractivity contribution in [3.05, 3.63) is 58.6 Å². The number of ether oxygens (including phenoxy) is 1. The Hall–Kier alpha value is -2.29. The molecule has 0 amide bonds. The normalized spacial score (nSPS) is 20.6. The van der Waals surface area contributed by atoms with Gasteiger partial charge in [0.25, 0.3) is 0 Å². The van der Waals surface area contributed by atoms with Crippen LogP contribution < -0.4 is 10.2 Å². The SMILES string of the molecule is CC1(C)Cc2c(cnn2-c2ccc(F)cc2)C(NCc2cnc(N3CCOCC3)s2)C1. The van der Waals surface area contributed by atoms with E-state index in [1.165, 1.54) is 28.3 Å². The number of nitrogens with zero attached hydrogens (tertiary/aromatic N) is 4. The summed E-state index contributed by atoms with van der Waals surface area (Å²) in [5.41, 5.74) is 3.49. The molecule has 3 heterocycles. The van der Waals surface area contributed by atoms with Crippen LogP contribution in [0, 0.1) is 11.2 Å². The minimum Gasteiger partial charge on any atom is -0.378 e. The van der Waals surface area contributed by atoms with E-state index in [1.54, 1.807) is 23.5 Å². The van der Waals surface area contributed by atoms with E-state index in [9.17, 15) is 4.39 Å². The highest BCUT2D eigenvalue weighted by molar-refractivity contribution is 7.15. The van der Waals surface area contributed by atoms with Crippen LogP contribution in [0.5, 0.6) is 0 Å². The zero-order valence-corrected chi connectivity index (χ0v) is 18.8. The average Bonchev–Trinajstić information content (AvgIpc) is 3.40. The molecule has 0 bridgehead atoms. The Morgan fingerprint density at radius 3 is 2.74 bits per heavy atom. The Bertz CT molecular complexity index is 1040. The quantitative estimate of drug-likeness (QED) is 0.646. The van der Waals surface area contributed by atoms with Gasteiger partial charge >= 0.3 is 0 Å². The maximum Gasteiger partial charge on any atom is 0.185 e. The van der Waals surface area contributed by atoms with Crippen LogP contribution in [0.4, 0.5) is 9.52 Å². The van der Waals surface area contributed by atoms with Crippen LogP contribution in [-0.4, -0.2) is 41.1 Å². The molecule has 6 nitrogen and oxygen atoms in total. The molecule has 2 aromatic heterocycles. The highest BCUT2D eigenvalue weighted by Gasteiger charge is 2.35. The number of anilines is 1. The van der Waals surface area contributed by atoms with Crippen LogP contribution in [-0.2, 0) is 17.7 Å². The Kier molecular flexibility index (Phi) is 5.54. The van der Waals surface area contributed by atoms with Gasteiger partial charge in [-0.3, -0.25) is 0 Å². The van der Waals surface area contributed by atoms with E-state index in [1.807, 2.05) is 17.1 Å². The predicted molar refractivity (Wildman–Crippen MR) is 120 cm³/mol. The largest absolute Gasteiger partial charge is 0.378 e. The van der Waals surface area contributed by atoms with E-state index >= 15 is 0 Å². The molecule has 1 N–H and O–H groups in total. The maximum atomic E-state index is 13.4. The fraction of sp³-hybridized carbons (Fsp3) is 0.478. The fourth-order valence-electron chi connectivity index (χ4n) is 4.53. The van der Waals surface area contributed by atoms with Crippen LogP contribution in [0.3, 0.4) is 0 Å². The number of morpholine rings is 1. The van der Waals surface area contributed by atoms with Crippen LogP contribution in [0.2, 0.25) is 0 Å². The van der Waals surface area contributed by atoms with E-state index in [-0.39, 0.29) is 17.3 Å². The van der Waals surface area contributed by atoms with E-state index < -0.39 is 0 Å². The van der Waals surface area contributed by atoms with Gasteiger partial charge in [-0.2, -0.15) is 5.10 Å². The first kappa shape index (κ1) is 20.6. The van der Waals surface area contributed by atoms with E-state index in [2.05, 4.69) is 34.1 Å². The highest BCUT2D eigenvalue weighted by Crippen LogP contribution is 2.41. The molecule has 31 heavy (non-hydrogen) atoms. The van der Waals surface area contributed by atoms with Crippen molar-refractivity contribution in [1.29, 1.82) is 0 Å². The summed E-state index contributed by atoms with van der Waals surface area (Å²) in [5, 5.41) is 9.49. The first-order valence-corrected chi connectivity index (χ1v) is 11.6. The number of aromatic nitrogens is 3. The van der Waals surface area contributed by atoms with Crippen LogP contribution >= 0.6 is 11.3 Å². The Morgan fingerprint density at radius 1 is 1.19 bits per heavy atom. The second-order valence-electron chi connectivity index (χ2n) is 9.12. The van der Waals surface area contributed by atoms with Crippen molar-refractivity contribution >= 4 is 16.5 Å². The van der Waals surface area contributed by atoms with Gasteiger partial charge in [-0.25, -0.2) is 14.1 Å². The van der Waals surface area contributed by atoms with Gasteiger partial charge in [-0.15, -0.1) is 11.3 Å². The molecule has 1 saturated heterocycles. The molecule has 5 rings (SSSR count). The predicted octanol–water partition coefficient (Wildman–Crippen LogP) is 4.11. The standard InChI is InChI=1S/C23H28FN5OS/c1-23(2)11-20(25-13-18-14-26-22(31-18)28-7-9-30-10-8-28)19-15-27-29(21(19)12-23)17-5-3-16(24)4-6-17/h3-6,14-15,20,25H,7-13H2,1-2H3. The second-order valence-corrected chi connectivity index (χ2v) is 10.2. The molecule has 1 atom stereocenters. The number of hydrogen-bond donors (Lipinski definition) is 1. The van der Waals surface area contributed by atoms with Crippen LogP contribution in [0.25, 0.3) is 5.69 Å². The first-order valence-electron chi connectivity index (χ1n) is 10.8. The van der Waals surface area contributed by atoms with Crippen molar-refractivity contribution < 1.29 is 9.13 Å². The van der Waals surface area contributed by atoms with Gasteiger partial charge in [0, 0.05) is 48.0 Å². The molecule has 164 valence electrons. The molecule has 1 aliphatic heterocycles. The topological polar surface area (TPSA) is 55.2 Å². The summed E-state index contributed by atoms with van der Waals surface area (Å²) in [4.78, 5) is 8.16. The summed E-state index contributed by atoms with van der Waals surface area (Å²) >= 11 is 1.75. The second kappa shape index (κ2) is 8.33. The van der Waals surface area contributed by atoms with Crippen LogP contribution in [0.15, 0.2) is 36.7 Å². The number of thiazole rings is 1. The van der Waals surface area contributed by atoms with Gasteiger partial charge < -0.3 is 15.0 Å². The number of rotatable bonds is 5. The molecule has 1 aliphatic carbocycles. The Morgan fingerprint density at radius 2 is 1.97 bits per heavy atom. The summed E-state index contributed by atoms with van der Waals surface area (Å²) < 4.78 is 20.8. The first-order chi connectivity index (χ1) is 15.0. The smallest absolute Gasteiger partial charge is 0.185 e. The number of hydrogen-bond acceptors (Lipinski definition) is 6. The molecule has 0 radical (unpaired) electrons. The zero-order valence-electron chi connectivity index (χ0n) is 18.0. The van der Waals surface area contributed by atoms with Gasteiger partial charge in [0.2, 0.25) is 0 Å². The van der Waals surface area contributed by atoms with Crippen molar-refractivity contribution in [3.63, 3.8) is 0 Å². The molecular weight excluding hydrogens is 413 g/mol. The molecule has 0 saturated carbocycles. The van der Waals surface area contributed by atoms with Gasteiger partial charge in [-0.05, 0) is 42.5 Å².